The quantitative estimate of drug-likeness (QED) is 0.0905. The first-order chi connectivity index (χ1) is 22.1. The highest BCUT2D eigenvalue weighted by molar-refractivity contribution is 6.01. The minimum absolute atomic E-state index is 0.0171. The Morgan fingerprint density at radius 1 is 0.417 bits per heavy atom. The fourth-order valence-corrected chi connectivity index (χ4v) is 4.08. The van der Waals surface area contributed by atoms with Gasteiger partial charge in [0, 0.05) is 0 Å². The van der Waals surface area contributed by atoms with Gasteiger partial charge in [-0.05, 0) is 0 Å². The van der Waals surface area contributed by atoms with E-state index in [-0.39, 0.29) is 6.07 Å². The smallest absolute Gasteiger partial charge is 0.329 e. The van der Waals surface area contributed by atoms with Crippen molar-refractivity contribution in [2.45, 2.75) is 0 Å². The molecule has 0 radical (unpaired) electrons. The second-order valence-corrected chi connectivity index (χ2v) is 8.53. The van der Waals surface area contributed by atoms with Crippen molar-refractivity contribution in [2.75, 3.05) is 33.6 Å². The van der Waals surface area contributed by atoms with Crippen molar-refractivity contribution >= 4 is 91.3 Å². The molecule has 250 valence electrons. The first-order valence-electron chi connectivity index (χ1n) is 11.4. The van der Waals surface area contributed by atoms with E-state index in [1.807, 2.05) is 0 Å². The van der Waals surface area contributed by atoms with E-state index < -0.39 is 131 Å². The highest BCUT2D eigenvalue weighted by atomic mass is 16.7. The Balaban J connectivity index is 2.53. The number of pyridine rings is 1. The Labute approximate surface area is 256 Å². The molecule has 0 saturated heterocycles. The van der Waals surface area contributed by atoms with Gasteiger partial charge in [-0.2, -0.15) is 4.98 Å². The normalized spacial score (nSPS) is 10.5. The third-order valence-electron chi connectivity index (χ3n) is 5.95. The Morgan fingerprint density at radius 3 is 0.833 bits per heavy atom. The number of anilines is 8. The number of hydrogen-bond donors (Lipinski definition) is 6. The number of nitrogens with one attached hydrogen (secondary N) is 2. The van der Waals surface area contributed by atoms with Crippen molar-refractivity contribution in [1.29, 1.82) is 0 Å². The van der Waals surface area contributed by atoms with Gasteiger partial charge in [-0.1, -0.05) is 0 Å². The lowest BCUT2D eigenvalue weighted by Crippen LogP contribution is -2.13. The molecule has 31 heteroatoms. The predicted molar refractivity (Wildman–Crippen MR) is 155 cm³/mol. The van der Waals surface area contributed by atoms with E-state index in [0.29, 0.717) is 0 Å². The van der Waals surface area contributed by atoms with E-state index >= 15 is 0 Å². The van der Waals surface area contributed by atoms with Crippen LogP contribution in [0, 0.1) is 80.9 Å². The molecule has 10 N–H and O–H groups in total. The van der Waals surface area contributed by atoms with Crippen LogP contribution in [0.15, 0.2) is 6.07 Å². The van der Waals surface area contributed by atoms with E-state index in [1.54, 1.807) is 10.6 Å². The largest absolute Gasteiger partial charge is 0.387 e. The van der Waals surface area contributed by atoms with E-state index in [2.05, 4.69) is 4.98 Å². The number of rotatable bonds is 12. The SMILES string of the molecule is Nc1c([N+](=O)[O-])c(N)c([N+](=O)[O-])c(Nc2nc(Nc3c([N+](=O)[O-])c(N)c([N+](=O)[O-])c(N)c3[N+](=O)[O-])c([N+](=O)[O-])cc2[N+](=O)[O-])c1[N+](=O)[O-]. The van der Waals surface area contributed by atoms with Crippen LogP contribution in [0.2, 0.25) is 0 Å². The van der Waals surface area contributed by atoms with Gasteiger partial charge in [0.25, 0.3) is 0 Å². The van der Waals surface area contributed by atoms with Crippen LogP contribution in [0.3, 0.4) is 0 Å². The lowest BCUT2D eigenvalue weighted by atomic mass is 10.1. The molecule has 0 aliphatic rings. The van der Waals surface area contributed by atoms with Gasteiger partial charge < -0.3 is 33.6 Å². The summed E-state index contributed by atoms with van der Waals surface area (Å²) in [5.41, 5.74) is 0.462. The maximum atomic E-state index is 11.9. The molecule has 1 heterocycles. The zero-order valence-corrected chi connectivity index (χ0v) is 22.4. The Morgan fingerprint density at radius 2 is 0.646 bits per heavy atom. The number of nitrogens with two attached hydrogens (primary N) is 4. The maximum Gasteiger partial charge on any atom is 0.329 e. The molecule has 0 aliphatic carbocycles. The van der Waals surface area contributed by atoms with Crippen LogP contribution in [-0.4, -0.2) is 44.4 Å². The first-order valence-corrected chi connectivity index (χ1v) is 11.4. The standard InChI is InChI=1S/C17H11N15O16/c18-4-10(27(37)38)5(19)13(30(43)44)8(12(4)29(41)42)22-16-2(25(33)34)1-3(26(35)36)17(24-16)23-9-14(31(45)46)6(20)11(28(39)40)7(21)15(9)32(47)48/h1H,18-21H2,(H2,22,23,24). The number of nitrogen functional groups attached to an aromatic ring is 4. The lowest BCUT2D eigenvalue weighted by molar-refractivity contribution is -0.399. The molecule has 0 atom stereocenters. The molecule has 0 amide bonds. The van der Waals surface area contributed by atoms with E-state index in [4.69, 9.17) is 22.9 Å². The van der Waals surface area contributed by atoms with Gasteiger partial charge in [-0.3, -0.25) is 80.9 Å². The van der Waals surface area contributed by atoms with Gasteiger partial charge in [-0.15, -0.1) is 0 Å². The molecular formula is C17H11N15O16. The van der Waals surface area contributed by atoms with E-state index in [1.165, 1.54) is 0 Å². The number of hydrogen-bond acceptors (Lipinski definition) is 23. The number of nitro benzene ring substituents is 6. The Kier molecular flexibility index (Phi) is 8.48. The van der Waals surface area contributed by atoms with Gasteiger partial charge in [0.2, 0.25) is 23.0 Å². The molecule has 0 fully saturated rings. The summed E-state index contributed by atoms with van der Waals surface area (Å²) in [5.74, 6) is -2.86. The summed E-state index contributed by atoms with van der Waals surface area (Å²) in [6.45, 7) is 0. The Hall–Kier alpha value is -8.41. The summed E-state index contributed by atoms with van der Waals surface area (Å²) >= 11 is 0. The van der Waals surface area contributed by atoms with Gasteiger partial charge in [-0.25, -0.2) is 0 Å². The molecule has 0 saturated carbocycles. The summed E-state index contributed by atoms with van der Waals surface area (Å²) in [5, 5.41) is 97.4. The number of nitro groups is 8. The van der Waals surface area contributed by atoms with Crippen LogP contribution in [0.1, 0.15) is 0 Å². The lowest BCUT2D eigenvalue weighted by Gasteiger charge is -2.14. The fraction of sp³-hybridized carbons (Fsp3) is 0. The summed E-state index contributed by atoms with van der Waals surface area (Å²) in [4.78, 5) is 85.6. The van der Waals surface area contributed by atoms with E-state index in [9.17, 15) is 80.9 Å². The second kappa shape index (κ2) is 11.9. The first kappa shape index (κ1) is 34.1. The molecule has 3 rings (SSSR count). The zero-order chi connectivity index (χ0) is 36.7. The van der Waals surface area contributed by atoms with Crippen molar-refractivity contribution < 1.29 is 39.4 Å². The van der Waals surface area contributed by atoms with Crippen molar-refractivity contribution in [1.82, 2.24) is 4.98 Å². The van der Waals surface area contributed by atoms with Crippen molar-refractivity contribution in [3.8, 4) is 0 Å². The molecular weight excluding hydrogens is 670 g/mol. The summed E-state index contributed by atoms with van der Waals surface area (Å²) in [7, 11) is 0. The molecule has 1 aromatic heterocycles. The van der Waals surface area contributed by atoms with E-state index in [0.717, 1.165) is 0 Å². The molecule has 3 aromatic rings. The molecule has 31 nitrogen and oxygen atoms in total. The van der Waals surface area contributed by atoms with Gasteiger partial charge in [0.15, 0.2) is 22.7 Å². The number of benzene rings is 2. The fourth-order valence-electron chi connectivity index (χ4n) is 4.08. The highest BCUT2D eigenvalue weighted by Gasteiger charge is 2.44. The van der Waals surface area contributed by atoms with Gasteiger partial charge >= 0.3 is 45.5 Å². The third-order valence-corrected chi connectivity index (χ3v) is 5.95. The van der Waals surface area contributed by atoms with Crippen LogP contribution in [0.4, 0.5) is 91.3 Å². The van der Waals surface area contributed by atoms with Crippen molar-refractivity contribution in [2.24, 2.45) is 0 Å². The highest BCUT2D eigenvalue weighted by Crippen LogP contribution is 2.53. The molecule has 0 aliphatic heterocycles. The zero-order valence-electron chi connectivity index (χ0n) is 22.4. The van der Waals surface area contributed by atoms with Crippen LogP contribution in [0.5, 0.6) is 0 Å². The van der Waals surface area contributed by atoms with Crippen molar-refractivity contribution in [3.05, 3.63) is 87.0 Å². The predicted octanol–water partition coefficient (Wildman–Crippen LogP) is 2.16. The van der Waals surface area contributed by atoms with Gasteiger partial charge in [0.1, 0.15) is 6.07 Å². The summed E-state index contributed by atoms with van der Waals surface area (Å²) in [6.07, 6.45) is 0. The third kappa shape index (κ3) is 5.51. The average molecular weight is 681 g/mol. The summed E-state index contributed by atoms with van der Waals surface area (Å²) < 4.78 is 0. The number of nitrogens with zero attached hydrogens (tertiary/aromatic N) is 9. The maximum absolute atomic E-state index is 11.9. The number of aromatic nitrogens is 1. The second-order valence-electron chi connectivity index (χ2n) is 8.53. The minimum atomic E-state index is -1.67. The topological polar surface area (TPSA) is 486 Å². The Bertz CT molecular complexity index is 1840. The van der Waals surface area contributed by atoms with Gasteiger partial charge in [0.05, 0.1) is 39.4 Å². The molecule has 0 bridgehead atoms. The van der Waals surface area contributed by atoms with Crippen LogP contribution in [0.25, 0.3) is 0 Å². The van der Waals surface area contributed by atoms with Crippen LogP contribution in [-0.2, 0) is 0 Å². The molecule has 0 spiro atoms. The molecule has 0 unspecified atom stereocenters. The molecule has 2 aromatic carbocycles. The average Bonchev–Trinajstić information content (AvgIpc) is 2.91. The summed E-state index contributed by atoms with van der Waals surface area (Å²) in [6, 6.07) is 0.0171. The van der Waals surface area contributed by atoms with Crippen LogP contribution >= 0.6 is 0 Å². The minimum Gasteiger partial charge on any atom is -0.387 e. The molecule has 48 heavy (non-hydrogen) atoms. The van der Waals surface area contributed by atoms with Crippen LogP contribution < -0.4 is 33.6 Å². The monoisotopic (exact) mass is 681 g/mol. The van der Waals surface area contributed by atoms with Crippen molar-refractivity contribution in [3.63, 3.8) is 0 Å².